The Morgan fingerprint density at radius 1 is 0.173 bits per heavy atom. The van der Waals surface area contributed by atoms with E-state index in [1.54, 1.807) is 0 Å². The highest BCUT2D eigenvalue weighted by Crippen LogP contribution is 1.91. The fourth-order valence-electron chi connectivity index (χ4n) is 5.12. The number of hydrogen-bond acceptors (Lipinski definition) is 26. The lowest BCUT2D eigenvalue weighted by Gasteiger charge is -2.09. The maximum Gasteiger partial charge on any atom is 0.122 e. The molecule has 0 fully saturated rings. The summed E-state index contributed by atoms with van der Waals surface area (Å²) in [6.07, 6.45) is 1.23. The SMILES string of the molecule is NCCOCCOCCOCCOCCOCCOCCOCCOCCOCCOCCOCCOCCOCCOCCOCCOOCCOCCOCCOCCOCCOCCOCCOCCC=O. The minimum atomic E-state index is 0.301. The van der Waals surface area contributed by atoms with Crippen molar-refractivity contribution in [2.45, 2.75) is 6.42 Å². The third kappa shape index (κ3) is 72.7. The molecule has 0 rings (SSSR count). The lowest BCUT2D eigenvalue weighted by molar-refractivity contribution is -0.303. The largest absolute Gasteiger partial charge is 0.379 e. The molecule has 0 radical (unpaired) electrons. The predicted octanol–water partition coefficient (Wildman–Crippen LogP) is -0.153. The first-order valence-electron chi connectivity index (χ1n) is 26.5. The molecule has 0 saturated carbocycles. The molecular weight excluding hydrogens is 1000 g/mol. The Bertz CT molecular complexity index is 1010. The molecule has 0 unspecified atom stereocenters. The highest BCUT2D eigenvalue weighted by molar-refractivity contribution is 5.49. The molecule has 0 aromatic heterocycles. The average molecular weight is 1100 g/mol. The first-order valence-corrected chi connectivity index (χ1v) is 26.5. The van der Waals surface area contributed by atoms with Crippen LogP contribution in [0.25, 0.3) is 0 Å². The topological polar surface area (TPSA) is 265 Å². The molecule has 75 heavy (non-hydrogen) atoms. The Labute approximate surface area is 446 Å². The third-order valence-corrected chi connectivity index (χ3v) is 8.79. The summed E-state index contributed by atoms with van der Waals surface area (Å²) in [6, 6.07) is 0. The number of carbonyl (C=O) groups excluding carboxylic acids is 1. The molecule has 0 saturated heterocycles. The molecule has 0 aromatic rings. The Hall–Kier alpha value is -1.33. The zero-order valence-corrected chi connectivity index (χ0v) is 45.3. The molecule has 26 heteroatoms. The van der Waals surface area contributed by atoms with Gasteiger partial charge in [0.1, 0.15) is 19.5 Å². The van der Waals surface area contributed by atoms with E-state index in [0.717, 1.165) is 6.29 Å². The van der Waals surface area contributed by atoms with Crippen LogP contribution in [0.5, 0.6) is 0 Å². The van der Waals surface area contributed by atoms with Crippen molar-refractivity contribution in [3.8, 4) is 0 Å². The lowest BCUT2D eigenvalue weighted by Crippen LogP contribution is -2.16. The van der Waals surface area contributed by atoms with Crippen molar-refractivity contribution >= 4 is 6.29 Å². The molecule has 26 nitrogen and oxygen atoms in total. The monoisotopic (exact) mass is 1100 g/mol. The number of ether oxygens (including phenoxy) is 22. The highest BCUT2D eigenvalue weighted by Gasteiger charge is 2.00. The first kappa shape index (κ1) is 73.7. The van der Waals surface area contributed by atoms with E-state index in [0.29, 0.717) is 317 Å². The second-order valence-corrected chi connectivity index (χ2v) is 14.9. The van der Waals surface area contributed by atoms with E-state index >= 15 is 0 Å². The van der Waals surface area contributed by atoms with Crippen molar-refractivity contribution in [3.05, 3.63) is 0 Å². The molecule has 0 aliphatic carbocycles. The number of carbonyl (C=O) groups is 1. The second-order valence-electron chi connectivity index (χ2n) is 14.9. The van der Waals surface area contributed by atoms with Gasteiger partial charge in [0, 0.05) is 13.0 Å². The standard InChI is InChI=1S/C49H99NO25/c50-2-5-53-7-9-55-11-13-57-15-17-59-18-19-60-20-21-61-22-23-62-24-25-63-26-27-64-28-29-65-30-31-66-32-33-67-35-37-69-39-41-71-43-45-73-47-49-75-74-48-46-72-44-42-70-40-38-68-36-34-58-16-14-56-12-10-54-8-6-52-4-1-3-51/h3H,1-2,4-50H2. The van der Waals surface area contributed by atoms with E-state index in [1.165, 1.54) is 0 Å². The van der Waals surface area contributed by atoms with Crippen molar-refractivity contribution in [3.63, 3.8) is 0 Å². The summed E-state index contributed by atoms with van der Waals surface area (Å²) < 4.78 is 120. The number of rotatable bonds is 72. The molecule has 0 amide bonds. The summed E-state index contributed by atoms with van der Waals surface area (Å²) >= 11 is 0. The summed E-state index contributed by atoms with van der Waals surface area (Å²) in [5.74, 6) is 0. The van der Waals surface area contributed by atoms with Crippen molar-refractivity contribution in [1.29, 1.82) is 0 Å². The van der Waals surface area contributed by atoms with Gasteiger partial charge in [-0.05, 0) is 0 Å². The van der Waals surface area contributed by atoms with Gasteiger partial charge in [-0.15, -0.1) is 0 Å². The van der Waals surface area contributed by atoms with Crippen LogP contribution in [-0.2, 0) is 119 Å². The van der Waals surface area contributed by atoms with Gasteiger partial charge in [-0.1, -0.05) is 0 Å². The number of nitrogens with two attached hydrogens (primary N) is 1. The molecule has 0 heterocycles. The van der Waals surface area contributed by atoms with Crippen LogP contribution in [0.15, 0.2) is 0 Å². The van der Waals surface area contributed by atoms with Gasteiger partial charge in [0.2, 0.25) is 0 Å². The van der Waals surface area contributed by atoms with Crippen molar-refractivity contribution in [2.75, 3.05) is 310 Å². The zero-order valence-electron chi connectivity index (χ0n) is 45.3. The summed E-state index contributed by atoms with van der Waals surface area (Å²) in [7, 11) is 0. The quantitative estimate of drug-likeness (QED) is 0.0359. The molecular formula is C49H99NO25. The summed E-state index contributed by atoms with van der Waals surface area (Å²) in [6.45, 7) is 22.3. The van der Waals surface area contributed by atoms with Crippen molar-refractivity contribution < 1.29 is 119 Å². The van der Waals surface area contributed by atoms with Crippen molar-refractivity contribution in [2.24, 2.45) is 5.73 Å². The van der Waals surface area contributed by atoms with E-state index in [1.807, 2.05) is 0 Å². The average Bonchev–Trinajstić information content (AvgIpc) is 3.42. The predicted molar refractivity (Wildman–Crippen MR) is 270 cm³/mol. The number of hydrogen-bond donors (Lipinski definition) is 1. The Morgan fingerprint density at radius 3 is 0.427 bits per heavy atom. The van der Waals surface area contributed by atoms with Gasteiger partial charge >= 0.3 is 0 Å². The van der Waals surface area contributed by atoms with Gasteiger partial charge in [0.05, 0.1) is 291 Å². The van der Waals surface area contributed by atoms with Gasteiger partial charge in [0.15, 0.2) is 0 Å². The summed E-state index contributed by atoms with van der Waals surface area (Å²) in [4.78, 5) is 20.3. The van der Waals surface area contributed by atoms with Crippen LogP contribution in [0, 0.1) is 0 Å². The highest BCUT2D eigenvalue weighted by atomic mass is 17.2. The maximum atomic E-state index is 10.2. The fraction of sp³-hybridized carbons (Fsp3) is 0.980. The van der Waals surface area contributed by atoms with Crippen LogP contribution in [0.2, 0.25) is 0 Å². The first-order chi connectivity index (χ1) is 37.4. The minimum Gasteiger partial charge on any atom is -0.379 e. The zero-order chi connectivity index (χ0) is 53.6. The normalized spacial score (nSPS) is 11.7. The molecule has 0 spiro atoms. The van der Waals surface area contributed by atoms with Crippen LogP contribution < -0.4 is 5.73 Å². The van der Waals surface area contributed by atoms with Gasteiger partial charge < -0.3 is 115 Å². The summed E-state index contributed by atoms with van der Waals surface area (Å²) in [5.41, 5.74) is 5.34. The van der Waals surface area contributed by atoms with E-state index in [2.05, 4.69) is 0 Å². The maximum absolute atomic E-state index is 10.2. The van der Waals surface area contributed by atoms with E-state index in [-0.39, 0.29) is 0 Å². The van der Waals surface area contributed by atoms with Crippen LogP contribution >= 0.6 is 0 Å². The van der Waals surface area contributed by atoms with E-state index in [4.69, 9.17) is 120 Å². The van der Waals surface area contributed by atoms with Gasteiger partial charge in [-0.25, -0.2) is 9.78 Å². The molecule has 450 valence electrons. The van der Waals surface area contributed by atoms with Gasteiger partial charge in [-0.3, -0.25) is 0 Å². The van der Waals surface area contributed by atoms with Crippen LogP contribution in [0.4, 0.5) is 0 Å². The van der Waals surface area contributed by atoms with Crippen LogP contribution in [0.1, 0.15) is 6.42 Å². The molecule has 0 aromatic carbocycles. The molecule has 2 N–H and O–H groups in total. The minimum absolute atomic E-state index is 0.301. The molecule has 0 aliphatic rings. The van der Waals surface area contributed by atoms with E-state index in [9.17, 15) is 4.79 Å². The van der Waals surface area contributed by atoms with Crippen LogP contribution in [-0.4, -0.2) is 317 Å². The molecule has 0 aliphatic heterocycles. The lowest BCUT2D eigenvalue weighted by atomic mass is 10.5. The Balaban J connectivity index is 3.07. The van der Waals surface area contributed by atoms with Crippen molar-refractivity contribution in [1.82, 2.24) is 0 Å². The smallest absolute Gasteiger partial charge is 0.122 e. The van der Waals surface area contributed by atoms with E-state index < -0.39 is 0 Å². The second kappa shape index (κ2) is 72.7. The van der Waals surface area contributed by atoms with Crippen LogP contribution in [0.3, 0.4) is 0 Å². The molecule has 0 atom stereocenters. The fourth-order valence-corrected chi connectivity index (χ4v) is 5.12. The van der Waals surface area contributed by atoms with Gasteiger partial charge in [0.25, 0.3) is 0 Å². The third-order valence-electron chi connectivity index (χ3n) is 8.79. The Morgan fingerprint density at radius 2 is 0.293 bits per heavy atom. The summed E-state index contributed by atoms with van der Waals surface area (Å²) in [5, 5.41) is 0. The molecule has 0 bridgehead atoms. The number of aldehydes is 1. The van der Waals surface area contributed by atoms with Gasteiger partial charge in [-0.2, -0.15) is 0 Å². The Kier molecular flexibility index (Phi) is 71.4.